The Hall–Kier alpha value is -1.15. The van der Waals surface area contributed by atoms with E-state index >= 15 is 0 Å². The maximum absolute atomic E-state index is 12.9. The van der Waals surface area contributed by atoms with Crippen molar-refractivity contribution in [3.05, 3.63) is 0 Å². The molecular weight excluding hydrogens is 330 g/mol. The van der Waals surface area contributed by atoms with Crippen LogP contribution >= 0.6 is 0 Å². The second-order valence-corrected chi connectivity index (χ2v) is 9.49. The topological polar surface area (TPSA) is 78.0 Å². The smallest absolute Gasteiger partial charge is 0.237 e. The summed E-state index contributed by atoms with van der Waals surface area (Å²) in [6.45, 7) is 0.326. The van der Waals surface area contributed by atoms with Crippen LogP contribution in [0.4, 0.5) is 0 Å². The van der Waals surface area contributed by atoms with E-state index in [4.69, 9.17) is 0 Å². The first-order valence-corrected chi connectivity index (χ1v) is 10.4. The Morgan fingerprint density at radius 2 is 1.50 bits per heavy atom. The van der Waals surface area contributed by atoms with Crippen LogP contribution < -0.4 is 0 Å². The molecule has 0 N–H and O–H groups in total. The van der Waals surface area contributed by atoms with E-state index in [-0.39, 0.29) is 48.5 Å². The highest BCUT2D eigenvalue weighted by Crippen LogP contribution is 2.29. The number of hydrogen-bond acceptors (Lipinski definition) is 5. The van der Waals surface area contributed by atoms with Crippen LogP contribution in [0.2, 0.25) is 0 Å². The van der Waals surface area contributed by atoms with Gasteiger partial charge in [-0.15, -0.1) is 0 Å². The molecule has 2 amide bonds. The zero-order valence-corrected chi connectivity index (χ0v) is 15.7. The summed E-state index contributed by atoms with van der Waals surface area (Å²) < 4.78 is 23.7. The fraction of sp³-hybridized carbons (Fsp3) is 0.875. The van der Waals surface area contributed by atoms with Crippen LogP contribution in [0.5, 0.6) is 0 Å². The van der Waals surface area contributed by atoms with Gasteiger partial charge in [-0.2, -0.15) is 0 Å². The molecule has 1 heterocycles. The summed E-state index contributed by atoms with van der Waals surface area (Å²) in [6, 6.07) is -0.0581. The molecule has 0 spiro atoms. The molecule has 0 aromatic rings. The van der Waals surface area contributed by atoms with E-state index in [0.717, 1.165) is 25.7 Å². The van der Waals surface area contributed by atoms with Crippen molar-refractivity contribution in [1.29, 1.82) is 0 Å². The molecule has 8 heteroatoms. The molecule has 2 aliphatic rings. The molecule has 1 atom stereocenters. The van der Waals surface area contributed by atoms with E-state index in [0.29, 0.717) is 6.42 Å². The molecule has 0 aromatic heterocycles. The third kappa shape index (κ3) is 4.92. The molecule has 2 fully saturated rings. The first kappa shape index (κ1) is 19.2. The fourth-order valence-electron chi connectivity index (χ4n) is 3.62. The van der Waals surface area contributed by atoms with Crippen LogP contribution in [0.25, 0.3) is 0 Å². The van der Waals surface area contributed by atoms with Gasteiger partial charge in [0.2, 0.25) is 11.8 Å². The van der Waals surface area contributed by atoms with Crippen molar-refractivity contribution in [1.82, 2.24) is 14.7 Å². The summed E-state index contributed by atoms with van der Waals surface area (Å²) >= 11 is 0. The minimum Gasteiger partial charge on any atom is -0.348 e. The third-order valence-electron chi connectivity index (χ3n) is 4.92. The molecular formula is C16H29N3O4S. The highest BCUT2D eigenvalue weighted by molar-refractivity contribution is 7.91. The summed E-state index contributed by atoms with van der Waals surface area (Å²) in [5, 5.41) is 0. The van der Waals surface area contributed by atoms with E-state index in [1.807, 2.05) is 4.90 Å². The summed E-state index contributed by atoms with van der Waals surface area (Å²) in [5.74, 6) is 0.137. The van der Waals surface area contributed by atoms with E-state index in [1.165, 1.54) is 4.90 Å². The van der Waals surface area contributed by atoms with Gasteiger partial charge in [-0.25, -0.2) is 8.42 Å². The van der Waals surface area contributed by atoms with Crippen molar-refractivity contribution in [2.24, 2.45) is 0 Å². The number of carbonyl (C=O) groups excluding carboxylic acids is 2. The summed E-state index contributed by atoms with van der Waals surface area (Å²) in [6.07, 6.45) is 4.60. The van der Waals surface area contributed by atoms with Crippen LogP contribution in [0.1, 0.15) is 32.1 Å². The van der Waals surface area contributed by atoms with E-state index in [1.54, 1.807) is 26.0 Å². The number of likely N-dealkylation sites (N-methyl/N-ethyl adjacent to an activating group) is 2. The standard InChI is InChI=1S/C16H29N3O4S/c1-17(2)15(20)10-18(3)11-16(21)19(13-6-4-5-7-13)14-8-9-24(22,23)12-14/h13-14H,4-12H2,1-3H3. The predicted octanol–water partition coefficient (Wildman–Crippen LogP) is -0.0353. The van der Waals surface area contributed by atoms with Crippen molar-refractivity contribution < 1.29 is 18.0 Å². The SMILES string of the molecule is CN(CC(=O)N(C)C)CC(=O)N(C1CCCC1)C1CCS(=O)(=O)C1. The van der Waals surface area contributed by atoms with Gasteiger partial charge in [0.25, 0.3) is 0 Å². The van der Waals surface area contributed by atoms with Gasteiger partial charge in [-0.05, 0) is 26.3 Å². The number of sulfone groups is 1. The zero-order chi connectivity index (χ0) is 17.9. The summed E-state index contributed by atoms with van der Waals surface area (Å²) in [5.41, 5.74) is 0. The van der Waals surface area contributed by atoms with Gasteiger partial charge in [-0.1, -0.05) is 12.8 Å². The van der Waals surface area contributed by atoms with E-state index in [9.17, 15) is 18.0 Å². The van der Waals surface area contributed by atoms with Crippen molar-refractivity contribution in [2.75, 3.05) is 45.7 Å². The molecule has 1 unspecified atom stereocenters. The lowest BCUT2D eigenvalue weighted by molar-refractivity contribution is -0.137. The number of carbonyl (C=O) groups is 2. The lowest BCUT2D eigenvalue weighted by atomic mass is 10.1. The molecule has 0 bridgehead atoms. The Bertz CT molecular complexity index is 570. The molecule has 7 nitrogen and oxygen atoms in total. The van der Waals surface area contributed by atoms with Gasteiger partial charge in [0.05, 0.1) is 24.6 Å². The summed E-state index contributed by atoms with van der Waals surface area (Å²) in [4.78, 5) is 29.7. The second kappa shape index (κ2) is 7.82. The molecule has 1 saturated carbocycles. The Kier molecular flexibility index (Phi) is 6.25. The van der Waals surface area contributed by atoms with Crippen LogP contribution in [0, 0.1) is 0 Å². The average Bonchev–Trinajstić information content (AvgIpc) is 3.09. The Labute approximate surface area is 144 Å². The first-order valence-electron chi connectivity index (χ1n) is 8.60. The molecule has 24 heavy (non-hydrogen) atoms. The highest BCUT2D eigenvalue weighted by Gasteiger charge is 2.39. The fourth-order valence-corrected chi connectivity index (χ4v) is 5.33. The largest absolute Gasteiger partial charge is 0.348 e. The maximum atomic E-state index is 12.9. The number of rotatable bonds is 6. The minimum atomic E-state index is -3.03. The molecule has 138 valence electrons. The first-order chi connectivity index (χ1) is 11.2. The van der Waals surface area contributed by atoms with Gasteiger partial charge < -0.3 is 9.80 Å². The second-order valence-electron chi connectivity index (χ2n) is 7.26. The van der Waals surface area contributed by atoms with Gasteiger partial charge in [0, 0.05) is 26.2 Å². The highest BCUT2D eigenvalue weighted by atomic mass is 32.2. The van der Waals surface area contributed by atoms with Crippen LogP contribution in [-0.2, 0) is 19.4 Å². The van der Waals surface area contributed by atoms with Gasteiger partial charge >= 0.3 is 0 Å². The molecule has 1 saturated heterocycles. The number of hydrogen-bond donors (Lipinski definition) is 0. The number of nitrogens with zero attached hydrogens (tertiary/aromatic N) is 3. The van der Waals surface area contributed by atoms with Gasteiger partial charge in [0.1, 0.15) is 0 Å². The Morgan fingerprint density at radius 1 is 0.917 bits per heavy atom. The molecule has 0 aromatic carbocycles. The van der Waals surface area contributed by atoms with Crippen molar-refractivity contribution in [2.45, 2.75) is 44.2 Å². The normalized spacial score (nSPS) is 23.6. The lowest BCUT2D eigenvalue weighted by Crippen LogP contribution is -2.51. The molecule has 1 aliphatic heterocycles. The molecule has 0 radical (unpaired) electrons. The van der Waals surface area contributed by atoms with Crippen LogP contribution in [0.3, 0.4) is 0 Å². The average molecular weight is 359 g/mol. The maximum Gasteiger partial charge on any atom is 0.237 e. The van der Waals surface area contributed by atoms with Crippen molar-refractivity contribution >= 4 is 21.7 Å². The zero-order valence-electron chi connectivity index (χ0n) is 14.9. The van der Waals surface area contributed by atoms with Crippen LogP contribution in [0.15, 0.2) is 0 Å². The van der Waals surface area contributed by atoms with E-state index < -0.39 is 9.84 Å². The Morgan fingerprint density at radius 3 is 2.00 bits per heavy atom. The molecule has 2 rings (SSSR count). The quantitative estimate of drug-likeness (QED) is 0.665. The number of amides is 2. The van der Waals surface area contributed by atoms with E-state index in [2.05, 4.69) is 0 Å². The van der Waals surface area contributed by atoms with Crippen LogP contribution in [-0.4, -0.2) is 92.8 Å². The van der Waals surface area contributed by atoms with Crippen molar-refractivity contribution in [3.63, 3.8) is 0 Å². The third-order valence-corrected chi connectivity index (χ3v) is 6.67. The van der Waals surface area contributed by atoms with Crippen molar-refractivity contribution in [3.8, 4) is 0 Å². The molecule has 1 aliphatic carbocycles. The minimum absolute atomic E-state index is 0.0545. The monoisotopic (exact) mass is 359 g/mol. The lowest BCUT2D eigenvalue weighted by Gasteiger charge is -2.35. The van der Waals surface area contributed by atoms with Gasteiger partial charge in [-0.3, -0.25) is 14.5 Å². The predicted molar refractivity (Wildman–Crippen MR) is 92.4 cm³/mol. The van der Waals surface area contributed by atoms with Gasteiger partial charge in [0.15, 0.2) is 9.84 Å². The Balaban J connectivity index is 2.03. The summed E-state index contributed by atoms with van der Waals surface area (Å²) in [7, 11) is 2.09.